The molecule has 11 aromatic rings. The lowest BCUT2D eigenvalue weighted by atomic mass is 9.87. The van der Waals surface area contributed by atoms with Gasteiger partial charge < -0.3 is 4.90 Å². The lowest BCUT2D eigenvalue weighted by Gasteiger charge is -2.29. The predicted octanol–water partition coefficient (Wildman–Crippen LogP) is 17.5. The molecule has 1 heteroatoms. The molecule has 0 unspecified atom stereocenters. The van der Waals surface area contributed by atoms with E-state index in [0.717, 1.165) is 22.6 Å². The molecule has 11 rings (SSSR count). The van der Waals surface area contributed by atoms with Crippen LogP contribution in [0.4, 0.5) is 17.1 Å². The highest BCUT2D eigenvalue weighted by molar-refractivity contribution is 6.01. The van der Waals surface area contributed by atoms with Gasteiger partial charge in [0.25, 0.3) is 0 Å². The smallest absolute Gasteiger partial charge is 0.0540 e. The Kier molecular flexibility index (Phi) is 9.97. The summed E-state index contributed by atoms with van der Waals surface area (Å²) in [6.07, 6.45) is 0. The molecule has 0 N–H and O–H groups in total. The lowest BCUT2D eigenvalue weighted by Crippen LogP contribution is -2.11. The van der Waals surface area contributed by atoms with E-state index in [-0.39, 0.29) is 0 Å². The highest BCUT2D eigenvalue weighted by atomic mass is 15.1. The molecule has 0 heterocycles. The molecule has 0 amide bonds. The van der Waals surface area contributed by atoms with E-state index in [1.807, 2.05) is 0 Å². The Morgan fingerprint density at radius 3 is 1.16 bits per heavy atom. The van der Waals surface area contributed by atoms with E-state index in [1.54, 1.807) is 0 Å². The van der Waals surface area contributed by atoms with Crippen LogP contribution >= 0.6 is 0 Å². The fourth-order valence-electron chi connectivity index (χ4n) is 9.26. The minimum atomic E-state index is 1.08. The topological polar surface area (TPSA) is 3.24 Å². The van der Waals surface area contributed by atoms with Crippen molar-refractivity contribution in [2.75, 3.05) is 4.90 Å². The molecule has 0 radical (unpaired) electrons. The van der Waals surface area contributed by atoms with Crippen LogP contribution in [-0.4, -0.2) is 0 Å². The fourth-order valence-corrected chi connectivity index (χ4v) is 9.26. The lowest BCUT2D eigenvalue weighted by molar-refractivity contribution is 1.28. The van der Waals surface area contributed by atoms with Crippen molar-refractivity contribution in [3.8, 4) is 66.8 Å². The highest BCUT2D eigenvalue weighted by Gasteiger charge is 2.21. The molecule has 0 fully saturated rings. The number of rotatable bonds is 9. The maximum atomic E-state index is 2.42. The molecular weight excluding hydrogens is 759 g/mol. The molecule has 0 saturated carbocycles. The maximum absolute atomic E-state index is 2.42. The van der Waals surface area contributed by atoms with Crippen LogP contribution < -0.4 is 4.90 Å². The van der Waals surface area contributed by atoms with Crippen LogP contribution in [0.25, 0.3) is 88.3 Å². The number of benzene rings is 11. The Morgan fingerprint density at radius 2 is 0.587 bits per heavy atom. The molecule has 0 atom stereocenters. The van der Waals surface area contributed by atoms with Crippen LogP contribution in [0.3, 0.4) is 0 Å². The molecule has 0 aliphatic rings. The summed E-state index contributed by atoms with van der Waals surface area (Å²) in [6, 6.07) is 94.7. The first-order valence-corrected chi connectivity index (χ1v) is 21.7. The molecule has 0 aliphatic heterocycles. The summed E-state index contributed by atoms with van der Waals surface area (Å²) in [4.78, 5) is 2.42. The Morgan fingerprint density at radius 1 is 0.206 bits per heavy atom. The average molecular weight is 802 g/mol. The summed E-state index contributed by atoms with van der Waals surface area (Å²) in [5.41, 5.74) is 17.6. The van der Waals surface area contributed by atoms with E-state index in [4.69, 9.17) is 0 Å². The first kappa shape index (κ1) is 37.7. The van der Waals surface area contributed by atoms with E-state index in [2.05, 4.69) is 266 Å². The number of para-hydroxylation sites is 1. The van der Waals surface area contributed by atoms with E-state index in [1.165, 1.54) is 82.7 Å². The zero-order valence-electron chi connectivity index (χ0n) is 34.8. The molecule has 11 aromatic carbocycles. The van der Waals surface area contributed by atoms with Gasteiger partial charge in [-0.15, -0.1) is 0 Å². The quantitative estimate of drug-likeness (QED) is 0.141. The molecule has 0 spiro atoms. The minimum Gasteiger partial charge on any atom is -0.310 e. The van der Waals surface area contributed by atoms with Crippen molar-refractivity contribution < 1.29 is 0 Å². The zero-order valence-corrected chi connectivity index (χ0v) is 34.8. The van der Waals surface area contributed by atoms with Gasteiger partial charge >= 0.3 is 0 Å². The van der Waals surface area contributed by atoms with Gasteiger partial charge in [0.1, 0.15) is 0 Å². The summed E-state index contributed by atoms with van der Waals surface area (Å²) in [6.45, 7) is 0. The normalized spacial score (nSPS) is 11.2. The molecule has 0 saturated heterocycles. The number of fused-ring (bicyclic) bond motifs is 2. The van der Waals surface area contributed by atoms with Gasteiger partial charge in [-0.25, -0.2) is 0 Å². The Balaban J connectivity index is 1.07. The Labute approximate surface area is 369 Å². The predicted molar refractivity (Wildman–Crippen MR) is 269 cm³/mol. The van der Waals surface area contributed by atoms with Crippen molar-refractivity contribution in [2.45, 2.75) is 0 Å². The summed E-state index contributed by atoms with van der Waals surface area (Å²) in [7, 11) is 0. The van der Waals surface area contributed by atoms with Gasteiger partial charge in [0.2, 0.25) is 0 Å². The van der Waals surface area contributed by atoms with Gasteiger partial charge in [-0.05, 0) is 119 Å². The number of anilines is 3. The van der Waals surface area contributed by atoms with Crippen LogP contribution in [0.1, 0.15) is 0 Å². The van der Waals surface area contributed by atoms with Crippen molar-refractivity contribution in [1.29, 1.82) is 0 Å². The zero-order chi connectivity index (χ0) is 42.0. The van der Waals surface area contributed by atoms with Gasteiger partial charge in [0, 0.05) is 16.9 Å². The van der Waals surface area contributed by atoms with Crippen molar-refractivity contribution in [3.63, 3.8) is 0 Å². The standard InChI is InChI=1S/C62H43N/c1-3-17-44(18-4-1)50-37-42-59(61(43-50)47-19-5-2-6-20-47)57-27-11-12-28-58(57)60-29-13-14-32-62(60)63(51-38-33-48(34-39-51)55-30-15-23-45-21-7-9-25-53(45)55)52-40-35-49(36-41-52)56-31-16-24-46-22-8-10-26-54(46)56/h1-43H. The first-order valence-electron chi connectivity index (χ1n) is 21.7. The third-order valence-electron chi connectivity index (χ3n) is 12.3. The van der Waals surface area contributed by atoms with Gasteiger partial charge in [-0.1, -0.05) is 224 Å². The number of nitrogens with zero attached hydrogens (tertiary/aromatic N) is 1. The van der Waals surface area contributed by atoms with Gasteiger partial charge in [0.15, 0.2) is 0 Å². The van der Waals surface area contributed by atoms with Crippen molar-refractivity contribution in [2.24, 2.45) is 0 Å². The fraction of sp³-hybridized carbons (Fsp3) is 0. The highest BCUT2D eigenvalue weighted by Crippen LogP contribution is 2.46. The Bertz CT molecular complexity index is 3230. The van der Waals surface area contributed by atoms with Gasteiger partial charge in [0.05, 0.1) is 5.69 Å². The Hall–Kier alpha value is -8.26. The van der Waals surface area contributed by atoms with E-state index in [9.17, 15) is 0 Å². The van der Waals surface area contributed by atoms with Crippen LogP contribution in [-0.2, 0) is 0 Å². The summed E-state index contributed by atoms with van der Waals surface area (Å²) in [5, 5.41) is 4.99. The molecule has 1 nitrogen and oxygen atoms in total. The van der Waals surface area contributed by atoms with E-state index >= 15 is 0 Å². The molecular formula is C62H43N. The summed E-state index contributed by atoms with van der Waals surface area (Å²) >= 11 is 0. The van der Waals surface area contributed by atoms with Gasteiger partial charge in [-0.2, -0.15) is 0 Å². The monoisotopic (exact) mass is 801 g/mol. The second kappa shape index (κ2) is 16.7. The van der Waals surface area contributed by atoms with E-state index in [0.29, 0.717) is 0 Å². The molecule has 0 aliphatic carbocycles. The summed E-state index contributed by atoms with van der Waals surface area (Å²) in [5.74, 6) is 0. The third-order valence-corrected chi connectivity index (χ3v) is 12.3. The molecule has 296 valence electrons. The van der Waals surface area contributed by atoms with Crippen LogP contribution in [0.2, 0.25) is 0 Å². The largest absolute Gasteiger partial charge is 0.310 e. The van der Waals surface area contributed by atoms with Crippen molar-refractivity contribution in [3.05, 3.63) is 261 Å². The summed E-state index contributed by atoms with van der Waals surface area (Å²) < 4.78 is 0. The SMILES string of the molecule is c1ccc(-c2ccc(-c3ccccc3-c3ccccc3N(c3ccc(-c4cccc5ccccc45)cc3)c3ccc(-c4cccc5ccccc45)cc3)c(-c3ccccc3)c2)cc1. The van der Waals surface area contributed by atoms with E-state index < -0.39 is 0 Å². The third kappa shape index (κ3) is 7.26. The second-order valence-corrected chi connectivity index (χ2v) is 16.0. The second-order valence-electron chi connectivity index (χ2n) is 16.0. The maximum Gasteiger partial charge on any atom is 0.0540 e. The average Bonchev–Trinajstić information content (AvgIpc) is 3.37. The number of hydrogen-bond acceptors (Lipinski definition) is 1. The van der Waals surface area contributed by atoms with Crippen molar-refractivity contribution >= 4 is 38.6 Å². The number of hydrogen-bond donors (Lipinski definition) is 0. The van der Waals surface area contributed by atoms with Crippen molar-refractivity contribution in [1.82, 2.24) is 0 Å². The van der Waals surface area contributed by atoms with Crippen LogP contribution in [0.5, 0.6) is 0 Å². The minimum absolute atomic E-state index is 1.08. The van der Waals surface area contributed by atoms with Crippen LogP contribution in [0, 0.1) is 0 Å². The van der Waals surface area contributed by atoms with Gasteiger partial charge in [-0.3, -0.25) is 0 Å². The first-order chi connectivity index (χ1) is 31.3. The molecule has 63 heavy (non-hydrogen) atoms. The van der Waals surface area contributed by atoms with Crippen LogP contribution in [0.15, 0.2) is 261 Å². The molecule has 0 bridgehead atoms. The molecule has 0 aromatic heterocycles.